The molecular weight excluding hydrogens is 326 g/mol. The third-order valence-electron chi connectivity index (χ3n) is 2.34. The average molecular weight is 338 g/mol. The summed E-state index contributed by atoms with van der Waals surface area (Å²) >= 11 is 8.70. The van der Waals surface area contributed by atoms with Crippen LogP contribution in [0.25, 0.3) is 0 Å². The Morgan fingerprint density at radius 2 is 2.44 bits per heavy atom. The molecule has 1 amide bonds. The number of nitrogens with zero attached hydrogens (tertiary/aromatic N) is 1. The Hall–Kier alpha value is 0.350. The Kier molecular flexibility index (Phi) is 4.64. The van der Waals surface area contributed by atoms with Crippen LogP contribution in [0.1, 0.15) is 10.3 Å². The van der Waals surface area contributed by atoms with Gasteiger partial charge in [0.05, 0.1) is 9.54 Å². The molecule has 2 nitrogen and oxygen atoms in total. The highest BCUT2D eigenvalue weighted by atomic mass is 79.9. The van der Waals surface area contributed by atoms with Gasteiger partial charge in [-0.25, -0.2) is 0 Å². The fourth-order valence-electron chi connectivity index (χ4n) is 1.58. The summed E-state index contributed by atoms with van der Waals surface area (Å²) in [7, 11) is 0. The number of hydrogen-bond donors (Lipinski definition) is 0. The van der Waals surface area contributed by atoms with Crippen LogP contribution in [0.15, 0.2) is 15.9 Å². The van der Waals surface area contributed by atoms with Gasteiger partial charge in [-0.15, -0.1) is 23.1 Å². The second-order valence-corrected chi connectivity index (χ2v) is 7.93. The minimum Gasteiger partial charge on any atom is -0.324 e. The van der Waals surface area contributed by atoms with Gasteiger partial charge in [-0.05, 0) is 34.3 Å². The molecule has 2 heterocycles. The molecule has 0 aliphatic carbocycles. The van der Waals surface area contributed by atoms with E-state index in [0.29, 0.717) is 5.75 Å². The second kappa shape index (κ2) is 5.80. The van der Waals surface area contributed by atoms with Crippen molar-refractivity contribution in [2.45, 2.75) is 5.37 Å². The lowest BCUT2D eigenvalue weighted by atomic mass is 10.4. The maximum atomic E-state index is 11.8. The van der Waals surface area contributed by atoms with Crippen molar-refractivity contribution in [3.63, 3.8) is 0 Å². The first kappa shape index (κ1) is 12.8. The molecule has 1 unspecified atom stereocenters. The zero-order valence-corrected chi connectivity index (χ0v) is 12.8. The number of thiophene rings is 1. The molecule has 1 aliphatic heterocycles. The van der Waals surface area contributed by atoms with Crippen molar-refractivity contribution < 1.29 is 4.79 Å². The molecule has 6 heteroatoms. The number of thioether (sulfide) groups is 2. The molecule has 0 bridgehead atoms. The van der Waals surface area contributed by atoms with Crippen molar-refractivity contribution >= 4 is 56.7 Å². The van der Waals surface area contributed by atoms with Gasteiger partial charge in [-0.1, -0.05) is 0 Å². The number of halogens is 1. The monoisotopic (exact) mass is 337 g/mol. The van der Waals surface area contributed by atoms with Crippen molar-refractivity contribution in [3.8, 4) is 0 Å². The first-order valence-corrected chi connectivity index (χ1v) is 8.93. The van der Waals surface area contributed by atoms with Crippen LogP contribution in [0.3, 0.4) is 0 Å². The van der Waals surface area contributed by atoms with Gasteiger partial charge < -0.3 is 4.90 Å². The Bertz CT molecular complexity index is 382. The van der Waals surface area contributed by atoms with E-state index in [0.717, 1.165) is 16.1 Å². The molecule has 1 saturated heterocycles. The van der Waals surface area contributed by atoms with E-state index in [4.69, 9.17) is 0 Å². The lowest BCUT2D eigenvalue weighted by Crippen LogP contribution is -2.30. The predicted molar refractivity (Wildman–Crippen MR) is 77.3 cm³/mol. The van der Waals surface area contributed by atoms with Crippen LogP contribution in [-0.2, 0) is 4.79 Å². The molecular formula is C10H12BrNOS3. The fraction of sp³-hybridized carbons (Fsp3) is 0.500. The summed E-state index contributed by atoms with van der Waals surface area (Å²) < 4.78 is 1.13. The molecule has 1 aromatic heterocycles. The van der Waals surface area contributed by atoms with Gasteiger partial charge in [0.25, 0.3) is 0 Å². The normalized spacial score (nSPS) is 20.8. The van der Waals surface area contributed by atoms with Crippen LogP contribution in [0, 0.1) is 0 Å². The van der Waals surface area contributed by atoms with Crippen molar-refractivity contribution in [2.75, 3.05) is 24.3 Å². The maximum absolute atomic E-state index is 11.8. The Morgan fingerprint density at radius 3 is 3.06 bits per heavy atom. The van der Waals surface area contributed by atoms with Crippen molar-refractivity contribution in [1.82, 2.24) is 4.90 Å². The Morgan fingerprint density at radius 1 is 1.62 bits per heavy atom. The quantitative estimate of drug-likeness (QED) is 0.839. The fourth-order valence-corrected chi connectivity index (χ4v) is 4.84. The molecule has 1 aliphatic rings. The predicted octanol–water partition coefficient (Wildman–Crippen LogP) is 3.45. The lowest BCUT2D eigenvalue weighted by molar-refractivity contribution is -0.127. The third kappa shape index (κ3) is 2.78. The first-order valence-electron chi connectivity index (χ1n) is 4.87. The molecule has 2 rings (SSSR count). The van der Waals surface area contributed by atoms with Crippen LogP contribution in [0.5, 0.6) is 0 Å². The molecule has 1 aromatic rings. The standard InChI is InChI=1S/C10H12BrNOS3/c1-14-5-4-12-9(13)6-15-10(12)7-2-3-8(11)16-7/h2-3,10H,4-6H2,1H3. The zero-order chi connectivity index (χ0) is 11.5. The molecule has 0 N–H and O–H groups in total. The first-order chi connectivity index (χ1) is 7.72. The smallest absolute Gasteiger partial charge is 0.233 e. The van der Waals surface area contributed by atoms with Gasteiger partial charge in [0, 0.05) is 17.2 Å². The molecule has 1 atom stereocenters. The second-order valence-electron chi connectivity index (χ2n) is 3.39. The van der Waals surface area contributed by atoms with Crippen LogP contribution in [0.4, 0.5) is 0 Å². The van der Waals surface area contributed by atoms with Crippen LogP contribution < -0.4 is 0 Å². The minimum atomic E-state index is 0.232. The van der Waals surface area contributed by atoms with E-state index in [1.54, 1.807) is 34.9 Å². The summed E-state index contributed by atoms with van der Waals surface area (Å²) in [4.78, 5) is 15.0. The number of carbonyl (C=O) groups is 1. The van der Waals surface area contributed by atoms with E-state index in [2.05, 4.69) is 34.3 Å². The van der Waals surface area contributed by atoms with Gasteiger partial charge in [0.1, 0.15) is 5.37 Å². The highest BCUT2D eigenvalue weighted by Crippen LogP contribution is 2.42. The lowest BCUT2D eigenvalue weighted by Gasteiger charge is -2.22. The maximum Gasteiger partial charge on any atom is 0.233 e. The van der Waals surface area contributed by atoms with E-state index < -0.39 is 0 Å². The Balaban J connectivity index is 2.11. The van der Waals surface area contributed by atoms with Crippen LogP contribution >= 0.6 is 50.8 Å². The molecule has 0 saturated carbocycles. The van der Waals surface area contributed by atoms with Gasteiger partial charge in [-0.2, -0.15) is 11.8 Å². The molecule has 1 fully saturated rings. The number of carbonyl (C=O) groups excluding carboxylic acids is 1. The summed E-state index contributed by atoms with van der Waals surface area (Å²) in [5.41, 5.74) is 0. The van der Waals surface area contributed by atoms with Crippen LogP contribution in [-0.4, -0.2) is 35.1 Å². The highest BCUT2D eigenvalue weighted by molar-refractivity contribution is 9.11. The van der Waals surface area contributed by atoms with E-state index >= 15 is 0 Å². The summed E-state index contributed by atoms with van der Waals surface area (Å²) in [6, 6.07) is 4.16. The zero-order valence-electron chi connectivity index (χ0n) is 8.81. The van der Waals surface area contributed by atoms with Crippen molar-refractivity contribution in [2.24, 2.45) is 0 Å². The van der Waals surface area contributed by atoms with E-state index in [9.17, 15) is 4.79 Å². The topological polar surface area (TPSA) is 20.3 Å². The van der Waals surface area contributed by atoms with E-state index in [1.165, 1.54) is 4.88 Å². The summed E-state index contributed by atoms with van der Waals surface area (Å²) in [6.45, 7) is 0.854. The minimum absolute atomic E-state index is 0.232. The number of hydrogen-bond acceptors (Lipinski definition) is 4. The van der Waals surface area contributed by atoms with Gasteiger partial charge >= 0.3 is 0 Å². The third-order valence-corrected chi connectivity index (χ3v) is 6.00. The number of rotatable bonds is 4. The number of amides is 1. The summed E-state index contributed by atoms with van der Waals surface area (Å²) in [6.07, 6.45) is 2.07. The molecule has 16 heavy (non-hydrogen) atoms. The molecule has 0 radical (unpaired) electrons. The van der Waals surface area contributed by atoms with Gasteiger partial charge in [0.2, 0.25) is 5.91 Å². The summed E-state index contributed by atoms with van der Waals surface area (Å²) in [5, 5.41) is 0.232. The Labute approximate surface area is 116 Å². The van der Waals surface area contributed by atoms with E-state index in [1.807, 2.05) is 4.90 Å². The largest absolute Gasteiger partial charge is 0.324 e. The highest BCUT2D eigenvalue weighted by Gasteiger charge is 2.33. The molecule has 0 aromatic carbocycles. The van der Waals surface area contributed by atoms with Crippen molar-refractivity contribution in [3.05, 3.63) is 20.8 Å². The van der Waals surface area contributed by atoms with Gasteiger partial charge in [0.15, 0.2) is 0 Å². The van der Waals surface area contributed by atoms with E-state index in [-0.39, 0.29) is 11.3 Å². The average Bonchev–Trinajstić information content (AvgIpc) is 2.82. The summed E-state index contributed by atoms with van der Waals surface area (Å²) in [5.74, 6) is 1.90. The van der Waals surface area contributed by atoms with Gasteiger partial charge in [-0.3, -0.25) is 4.79 Å². The van der Waals surface area contributed by atoms with Crippen molar-refractivity contribution in [1.29, 1.82) is 0 Å². The molecule has 88 valence electrons. The SMILES string of the molecule is CSCCN1C(=O)CSC1c1ccc(Br)s1. The van der Waals surface area contributed by atoms with Crippen LogP contribution in [0.2, 0.25) is 0 Å². The molecule has 0 spiro atoms.